The fourth-order valence-electron chi connectivity index (χ4n) is 0.585. The second kappa shape index (κ2) is 5.12. The standard InChI is InChI=1S/C6H15ClOSi2/c1-5(2)6(3)10(7)4-8-9/h10H,4H2,1-3,9H3. The minimum atomic E-state index is -1.19. The van der Waals surface area contributed by atoms with Gasteiger partial charge in [-0.15, -0.1) is 0 Å². The summed E-state index contributed by atoms with van der Waals surface area (Å²) < 4.78 is 5.11. The maximum atomic E-state index is 6.10. The molecule has 0 aromatic carbocycles. The van der Waals surface area contributed by atoms with Crippen LogP contribution in [-0.2, 0) is 4.43 Å². The van der Waals surface area contributed by atoms with Crippen molar-refractivity contribution in [3.8, 4) is 0 Å². The molecule has 0 aromatic heterocycles. The summed E-state index contributed by atoms with van der Waals surface area (Å²) in [5, 5.41) is 1.37. The summed E-state index contributed by atoms with van der Waals surface area (Å²) in [7, 11) is -0.384. The third-order valence-electron chi connectivity index (χ3n) is 1.57. The van der Waals surface area contributed by atoms with Crippen LogP contribution < -0.4 is 0 Å². The predicted molar refractivity (Wildman–Crippen MR) is 52.9 cm³/mol. The minimum Gasteiger partial charge on any atom is -0.430 e. The van der Waals surface area contributed by atoms with Gasteiger partial charge in [-0.1, -0.05) is 10.8 Å². The van der Waals surface area contributed by atoms with E-state index in [1.807, 2.05) is 0 Å². The van der Waals surface area contributed by atoms with E-state index in [4.69, 9.17) is 15.5 Å². The molecular weight excluding hydrogens is 180 g/mol. The average Bonchev–Trinajstić information content (AvgIpc) is 1.87. The van der Waals surface area contributed by atoms with E-state index in [0.717, 1.165) is 16.7 Å². The Morgan fingerprint density at radius 2 is 2.00 bits per heavy atom. The van der Waals surface area contributed by atoms with Gasteiger partial charge in [0.05, 0.1) is 0 Å². The van der Waals surface area contributed by atoms with Gasteiger partial charge in [0, 0.05) is 6.23 Å². The third-order valence-corrected chi connectivity index (χ3v) is 6.07. The molecule has 0 aliphatic heterocycles. The van der Waals surface area contributed by atoms with Gasteiger partial charge in [0.1, 0.15) is 10.5 Å². The molecule has 0 aliphatic carbocycles. The Kier molecular flexibility index (Phi) is 5.34. The molecule has 0 amide bonds. The van der Waals surface area contributed by atoms with Gasteiger partial charge in [-0.05, 0) is 20.8 Å². The number of hydrogen-bond donors (Lipinski definition) is 0. The van der Waals surface area contributed by atoms with Crippen molar-refractivity contribution in [1.29, 1.82) is 0 Å². The zero-order valence-electron chi connectivity index (χ0n) is 7.07. The van der Waals surface area contributed by atoms with E-state index in [2.05, 4.69) is 20.8 Å². The highest BCUT2D eigenvalue weighted by atomic mass is 35.6. The Balaban J connectivity index is 3.94. The second-order valence-electron chi connectivity index (χ2n) is 2.61. The van der Waals surface area contributed by atoms with Crippen LogP contribution in [0.2, 0.25) is 0 Å². The van der Waals surface area contributed by atoms with E-state index < -0.39 is 8.11 Å². The van der Waals surface area contributed by atoms with E-state index in [1.54, 1.807) is 0 Å². The summed E-state index contributed by atoms with van der Waals surface area (Å²) in [4.78, 5) is 0. The van der Waals surface area contributed by atoms with Gasteiger partial charge >= 0.3 is 0 Å². The second-order valence-corrected chi connectivity index (χ2v) is 6.90. The van der Waals surface area contributed by atoms with E-state index in [-0.39, 0.29) is 0 Å². The lowest BCUT2D eigenvalue weighted by Crippen LogP contribution is -2.16. The molecule has 0 spiro atoms. The van der Waals surface area contributed by atoms with Crippen LogP contribution in [0.1, 0.15) is 20.8 Å². The fourth-order valence-corrected chi connectivity index (χ4v) is 4.42. The first-order valence-electron chi connectivity index (χ1n) is 3.36. The molecule has 0 radical (unpaired) electrons. The number of rotatable bonds is 3. The van der Waals surface area contributed by atoms with Gasteiger partial charge in [0.2, 0.25) is 0 Å². The highest BCUT2D eigenvalue weighted by molar-refractivity contribution is 7.11. The lowest BCUT2D eigenvalue weighted by Gasteiger charge is -2.08. The fraction of sp³-hybridized carbons (Fsp3) is 0.667. The van der Waals surface area contributed by atoms with Crippen molar-refractivity contribution in [3.63, 3.8) is 0 Å². The Labute approximate surface area is 72.3 Å². The monoisotopic (exact) mass is 194 g/mol. The average molecular weight is 195 g/mol. The van der Waals surface area contributed by atoms with Gasteiger partial charge in [0.25, 0.3) is 0 Å². The first-order chi connectivity index (χ1) is 4.59. The Morgan fingerprint density at radius 1 is 1.50 bits per heavy atom. The van der Waals surface area contributed by atoms with Crippen LogP contribution in [0.25, 0.3) is 0 Å². The molecule has 0 fully saturated rings. The molecule has 0 aromatic rings. The number of halogens is 1. The number of allylic oxidation sites excluding steroid dienone is 2. The molecule has 1 unspecified atom stereocenters. The van der Waals surface area contributed by atoms with Gasteiger partial charge < -0.3 is 4.43 Å². The third kappa shape index (κ3) is 3.56. The molecule has 0 N–H and O–H groups in total. The highest BCUT2D eigenvalue weighted by Gasteiger charge is 2.08. The van der Waals surface area contributed by atoms with Crippen molar-refractivity contribution in [1.82, 2.24) is 0 Å². The van der Waals surface area contributed by atoms with Crippen LogP contribution in [0.5, 0.6) is 0 Å². The van der Waals surface area contributed by atoms with Crippen LogP contribution in [-0.4, -0.2) is 24.8 Å². The Morgan fingerprint density at radius 3 is 2.30 bits per heavy atom. The molecule has 1 nitrogen and oxygen atoms in total. The maximum absolute atomic E-state index is 6.10. The molecule has 60 valence electrons. The van der Waals surface area contributed by atoms with Crippen LogP contribution >= 0.6 is 11.1 Å². The van der Waals surface area contributed by atoms with E-state index in [0.29, 0.717) is 0 Å². The van der Waals surface area contributed by atoms with Crippen LogP contribution in [0, 0.1) is 0 Å². The maximum Gasteiger partial charge on any atom is 0.191 e. The van der Waals surface area contributed by atoms with Crippen LogP contribution in [0.4, 0.5) is 0 Å². The molecule has 4 heteroatoms. The zero-order chi connectivity index (χ0) is 8.15. The number of hydrogen-bond acceptors (Lipinski definition) is 1. The van der Waals surface area contributed by atoms with Crippen molar-refractivity contribution in [2.45, 2.75) is 20.8 Å². The lowest BCUT2D eigenvalue weighted by atomic mass is 10.3. The van der Waals surface area contributed by atoms with Crippen molar-refractivity contribution in [3.05, 3.63) is 10.8 Å². The Bertz CT molecular complexity index is 132. The summed E-state index contributed by atoms with van der Waals surface area (Å²) in [6, 6.07) is 0. The van der Waals surface area contributed by atoms with Crippen molar-refractivity contribution >= 4 is 29.7 Å². The molecule has 0 bridgehead atoms. The van der Waals surface area contributed by atoms with Gasteiger partial charge in [0.15, 0.2) is 8.11 Å². The van der Waals surface area contributed by atoms with E-state index >= 15 is 0 Å². The lowest BCUT2D eigenvalue weighted by molar-refractivity contribution is 0.425. The molecule has 0 saturated heterocycles. The zero-order valence-corrected chi connectivity index (χ0v) is 11.0. The topological polar surface area (TPSA) is 9.23 Å². The van der Waals surface area contributed by atoms with Gasteiger partial charge in [-0.2, -0.15) is 11.1 Å². The summed E-state index contributed by atoms with van der Waals surface area (Å²) >= 11 is 6.10. The first-order valence-corrected chi connectivity index (χ1v) is 7.32. The predicted octanol–water partition coefficient (Wildman–Crippen LogP) is 0.681. The Hall–Kier alpha value is 0.424. The van der Waals surface area contributed by atoms with E-state index in [1.165, 1.54) is 10.8 Å². The summed E-state index contributed by atoms with van der Waals surface area (Å²) in [5.41, 5.74) is 1.35. The molecule has 10 heavy (non-hydrogen) atoms. The normalized spacial score (nSPS) is 13.2. The van der Waals surface area contributed by atoms with Crippen LogP contribution in [0.3, 0.4) is 0 Å². The van der Waals surface area contributed by atoms with Crippen molar-refractivity contribution in [2.75, 3.05) is 6.23 Å². The highest BCUT2D eigenvalue weighted by Crippen LogP contribution is 2.09. The molecule has 0 saturated carbocycles. The quantitative estimate of drug-likeness (QED) is 0.475. The minimum absolute atomic E-state index is 0.796. The smallest absolute Gasteiger partial charge is 0.191 e. The molecule has 0 heterocycles. The SMILES string of the molecule is CC(C)=C(C)[SiH](Cl)CO[SiH3]. The van der Waals surface area contributed by atoms with E-state index in [9.17, 15) is 0 Å². The largest absolute Gasteiger partial charge is 0.430 e. The van der Waals surface area contributed by atoms with Gasteiger partial charge in [-0.25, -0.2) is 0 Å². The van der Waals surface area contributed by atoms with Crippen LogP contribution in [0.15, 0.2) is 10.8 Å². The molecular formula is C6H15ClOSi2. The molecule has 0 aliphatic rings. The van der Waals surface area contributed by atoms with Crippen molar-refractivity contribution in [2.24, 2.45) is 0 Å². The first kappa shape index (κ1) is 10.4. The summed E-state index contributed by atoms with van der Waals surface area (Å²) in [5.74, 6) is 0. The van der Waals surface area contributed by atoms with Gasteiger partial charge in [-0.3, -0.25) is 0 Å². The summed E-state index contributed by atoms with van der Waals surface area (Å²) in [6.07, 6.45) is 0.796. The van der Waals surface area contributed by atoms with Crippen molar-refractivity contribution < 1.29 is 4.43 Å². The molecule has 0 rings (SSSR count). The molecule has 1 atom stereocenters. The summed E-state index contributed by atoms with van der Waals surface area (Å²) in [6.45, 7) is 6.31.